The molecule has 16 heteroatoms. The van der Waals surface area contributed by atoms with Gasteiger partial charge in [-0.3, -0.25) is 13.6 Å². The third-order valence-electron chi connectivity index (χ3n) is 6.04. The van der Waals surface area contributed by atoms with Crippen LogP contribution in [0, 0.1) is 5.92 Å². The molecule has 2 fully saturated rings. The van der Waals surface area contributed by atoms with E-state index in [1.807, 2.05) is 22.6 Å². The van der Waals surface area contributed by atoms with E-state index >= 15 is 0 Å². The van der Waals surface area contributed by atoms with Gasteiger partial charge in [0, 0.05) is 20.1 Å². The number of hydrogen-bond donors (Lipinski definition) is 0. The van der Waals surface area contributed by atoms with Crippen molar-refractivity contribution in [3.63, 3.8) is 0 Å². The van der Waals surface area contributed by atoms with Crippen LogP contribution in [0.2, 0.25) is 0 Å². The van der Waals surface area contributed by atoms with Crippen molar-refractivity contribution < 1.29 is 41.6 Å². The summed E-state index contributed by atoms with van der Waals surface area (Å²) < 4.78 is 68.6. The molecular formula is C17H37B2NO9P2S2. The van der Waals surface area contributed by atoms with Crippen molar-refractivity contribution in [1.29, 1.82) is 0 Å². The standard InChI is InChI=1S/C17H37B2NO9P2S2/c1-10-11(27-16(18)13(10)23-4)8-26-31(22,33-7)29-14-12(28-17(19)15(14)24-5)9-25-30(21,32-6)20(2)3/h10-17H,8-9,18-19H2,1-7H3/t10?,11-,12-,13?,14?,15?,16-,17-,30?,31?/m1/s1. The molecule has 2 aliphatic rings. The Morgan fingerprint density at radius 1 is 0.879 bits per heavy atom. The van der Waals surface area contributed by atoms with E-state index in [9.17, 15) is 9.13 Å². The predicted octanol–water partition coefficient (Wildman–Crippen LogP) is 1.29. The molecule has 2 rings (SSSR count). The minimum atomic E-state index is -3.59. The van der Waals surface area contributed by atoms with Gasteiger partial charge in [-0.05, 0) is 38.0 Å². The Labute approximate surface area is 207 Å². The molecule has 0 aromatic heterocycles. The van der Waals surface area contributed by atoms with Crippen LogP contribution in [0.4, 0.5) is 0 Å². The van der Waals surface area contributed by atoms with Crippen LogP contribution in [0.3, 0.4) is 0 Å². The number of hydrogen-bond acceptors (Lipinski definition) is 11. The summed E-state index contributed by atoms with van der Waals surface area (Å²) in [6.45, 7) is -4.53. The summed E-state index contributed by atoms with van der Waals surface area (Å²) in [7, 11) is 10.4. The first-order chi connectivity index (χ1) is 15.4. The molecule has 0 aliphatic carbocycles. The highest BCUT2D eigenvalue weighted by molar-refractivity contribution is 8.55. The van der Waals surface area contributed by atoms with E-state index in [-0.39, 0.29) is 43.3 Å². The average molecular weight is 547 g/mol. The zero-order valence-corrected chi connectivity index (χ0v) is 24.3. The van der Waals surface area contributed by atoms with Gasteiger partial charge in [-0.25, -0.2) is 9.24 Å². The van der Waals surface area contributed by atoms with Crippen LogP contribution < -0.4 is 0 Å². The van der Waals surface area contributed by atoms with E-state index in [1.165, 1.54) is 0 Å². The molecule has 0 radical (unpaired) electrons. The Bertz CT molecular complexity index is 728. The van der Waals surface area contributed by atoms with E-state index in [2.05, 4.69) is 0 Å². The molecule has 0 aromatic carbocycles. The van der Waals surface area contributed by atoms with Crippen LogP contribution in [0.15, 0.2) is 0 Å². The van der Waals surface area contributed by atoms with Crippen molar-refractivity contribution in [2.45, 2.75) is 49.5 Å². The molecule has 10 nitrogen and oxygen atoms in total. The average Bonchev–Trinajstić information content (AvgIpc) is 3.23. The molecule has 2 heterocycles. The maximum atomic E-state index is 13.5. The molecule has 0 N–H and O–H groups in total. The minimum Gasteiger partial charge on any atom is -0.379 e. The van der Waals surface area contributed by atoms with E-state index in [0.717, 1.165) is 22.8 Å². The third kappa shape index (κ3) is 7.27. The van der Waals surface area contributed by atoms with Gasteiger partial charge in [-0.2, -0.15) is 0 Å². The van der Waals surface area contributed by atoms with Crippen molar-refractivity contribution in [1.82, 2.24) is 4.67 Å². The fourth-order valence-electron chi connectivity index (χ4n) is 4.15. The normalized spacial score (nSPS) is 38.4. The van der Waals surface area contributed by atoms with E-state index in [4.69, 9.17) is 32.5 Å². The lowest BCUT2D eigenvalue weighted by Crippen LogP contribution is -2.38. The van der Waals surface area contributed by atoms with E-state index < -0.39 is 31.8 Å². The first-order valence-corrected chi connectivity index (χ1v) is 17.6. The molecule has 192 valence electrons. The number of rotatable bonds is 13. The molecule has 0 spiro atoms. The summed E-state index contributed by atoms with van der Waals surface area (Å²) >= 11 is 2.14. The predicted molar refractivity (Wildman–Crippen MR) is 138 cm³/mol. The summed E-state index contributed by atoms with van der Waals surface area (Å²) in [5.41, 5.74) is 0. The quantitative estimate of drug-likeness (QED) is 0.245. The highest BCUT2D eigenvalue weighted by Gasteiger charge is 2.49. The smallest absolute Gasteiger partial charge is 0.379 e. The lowest BCUT2D eigenvalue weighted by Gasteiger charge is -2.29. The van der Waals surface area contributed by atoms with Crippen LogP contribution in [-0.2, 0) is 41.6 Å². The van der Waals surface area contributed by atoms with Crippen molar-refractivity contribution in [2.24, 2.45) is 5.92 Å². The first-order valence-electron chi connectivity index (χ1n) is 10.8. The van der Waals surface area contributed by atoms with Crippen LogP contribution in [0.1, 0.15) is 6.92 Å². The minimum absolute atomic E-state index is 0.00461. The topological polar surface area (TPSA) is 102 Å². The van der Waals surface area contributed by atoms with Gasteiger partial charge in [-0.15, -0.1) is 0 Å². The third-order valence-corrected chi connectivity index (χ3v) is 14.0. The second-order valence-corrected chi connectivity index (χ2v) is 17.3. The number of ether oxygens (including phenoxy) is 4. The van der Waals surface area contributed by atoms with Gasteiger partial charge in [0.1, 0.15) is 34.0 Å². The molecule has 0 aromatic rings. The fourth-order valence-corrected chi connectivity index (χ4v) is 8.82. The molecule has 0 amide bonds. The lowest BCUT2D eigenvalue weighted by atomic mass is 9.89. The Hall–Kier alpha value is 0.970. The van der Waals surface area contributed by atoms with E-state index in [0.29, 0.717) is 0 Å². The molecule has 6 unspecified atom stereocenters. The second kappa shape index (κ2) is 13.0. The summed E-state index contributed by atoms with van der Waals surface area (Å²) in [5.74, 6) is 0.0785. The van der Waals surface area contributed by atoms with Gasteiger partial charge in [0.2, 0.25) is 0 Å². The highest BCUT2D eigenvalue weighted by atomic mass is 32.7. The maximum absolute atomic E-state index is 13.5. The largest absolute Gasteiger partial charge is 0.389 e. The summed E-state index contributed by atoms with van der Waals surface area (Å²) in [4.78, 5) is 0. The zero-order valence-electron chi connectivity index (χ0n) is 20.9. The Kier molecular flexibility index (Phi) is 11.9. The number of methoxy groups -OCH3 is 2. The summed E-state index contributed by atoms with van der Waals surface area (Å²) in [5, 5.41) is 0. The molecule has 0 saturated carbocycles. The van der Waals surface area contributed by atoms with Gasteiger partial charge >= 0.3 is 13.5 Å². The Morgan fingerprint density at radius 2 is 1.42 bits per heavy atom. The number of nitrogens with zero attached hydrogens (tertiary/aromatic N) is 1. The molecule has 0 bridgehead atoms. The van der Waals surface area contributed by atoms with Crippen molar-refractivity contribution in [3.8, 4) is 0 Å². The van der Waals surface area contributed by atoms with Crippen LogP contribution in [0.25, 0.3) is 0 Å². The molecule has 33 heavy (non-hydrogen) atoms. The SMILES string of the molecule is B[C@@H]1O[C@H](COP(=O)(OC2C(OC)[C@H](B)O[C@@H]2COP(=O)(SC)N(C)C)SC)C(C)C1OC. The molecule has 10 atom stereocenters. The van der Waals surface area contributed by atoms with Crippen molar-refractivity contribution in [2.75, 3.05) is 54.0 Å². The van der Waals surface area contributed by atoms with Crippen LogP contribution >= 0.6 is 36.3 Å². The molecule has 2 saturated heterocycles. The fraction of sp³-hybridized carbons (Fsp3) is 1.00. The monoisotopic (exact) mass is 547 g/mol. The van der Waals surface area contributed by atoms with Crippen LogP contribution in [-0.4, -0.2) is 117 Å². The molecule has 2 aliphatic heterocycles. The highest BCUT2D eigenvalue weighted by Crippen LogP contribution is 2.62. The van der Waals surface area contributed by atoms with Crippen molar-refractivity contribution >= 4 is 52.0 Å². The lowest BCUT2D eigenvalue weighted by molar-refractivity contribution is -0.00943. The second-order valence-electron chi connectivity index (χ2n) is 8.31. The summed E-state index contributed by atoms with van der Waals surface area (Å²) in [6, 6.07) is -0.418. The Morgan fingerprint density at radius 3 is 1.91 bits per heavy atom. The van der Waals surface area contributed by atoms with Gasteiger partial charge in [-0.1, -0.05) is 18.3 Å². The van der Waals surface area contributed by atoms with Gasteiger partial charge in [0.25, 0.3) is 0 Å². The maximum Gasteiger partial charge on any atom is 0.389 e. The van der Waals surface area contributed by atoms with Gasteiger partial charge < -0.3 is 23.5 Å². The van der Waals surface area contributed by atoms with Crippen molar-refractivity contribution in [3.05, 3.63) is 0 Å². The Balaban J connectivity index is 2.09. The van der Waals surface area contributed by atoms with Crippen LogP contribution in [0.5, 0.6) is 0 Å². The zero-order chi connectivity index (χ0) is 25.0. The first kappa shape index (κ1) is 30.2. The summed E-state index contributed by atoms with van der Waals surface area (Å²) in [6.07, 6.45) is 1.22. The molecular weight excluding hydrogens is 510 g/mol. The van der Waals surface area contributed by atoms with E-state index in [1.54, 1.807) is 45.5 Å². The van der Waals surface area contributed by atoms with Gasteiger partial charge in [0.15, 0.2) is 0 Å². The van der Waals surface area contributed by atoms with Gasteiger partial charge in [0.05, 0.1) is 37.4 Å².